The van der Waals surface area contributed by atoms with Crippen molar-refractivity contribution in [2.75, 3.05) is 17.2 Å². The Kier molecular flexibility index (Phi) is 4.41. The van der Waals surface area contributed by atoms with Crippen LogP contribution in [-0.4, -0.2) is 17.6 Å². The molecule has 19 heavy (non-hydrogen) atoms. The van der Waals surface area contributed by atoms with Gasteiger partial charge in [-0.1, -0.05) is 28.9 Å². The Labute approximate surface area is 115 Å². The molecule has 2 rings (SSSR count). The highest BCUT2D eigenvalue weighted by atomic mass is 35.5. The summed E-state index contributed by atoms with van der Waals surface area (Å²) in [5.41, 5.74) is 0.814. The molecule has 1 amide bonds. The van der Waals surface area contributed by atoms with Crippen molar-refractivity contribution in [1.82, 2.24) is 5.16 Å². The highest BCUT2D eigenvalue weighted by Gasteiger charge is 2.06. The second-order valence-electron chi connectivity index (χ2n) is 4.03. The Morgan fingerprint density at radius 1 is 1.42 bits per heavy atom. The zero-order valence-corrected chi connectivity index (χ0v) is 11.2. The molecule has 5 nitrogen and oxygen atoms in total. The van der Waals surface area contributed by atoms with Crippen molar-refractivity contribution in [2.45, 2.75) is 13.3 Å². The summed E-state index contributed by atoms with van der Waals surface area (Å²) in [7, 11) is 0. The van der Waals surface area contributed by atoms with E-state index < -0.39 is 0 Å². The highest BCUT2D eigenvalue weighted by Crippen LogP contribution is 2.20. The fourth-order valence-electron chi connectivity index (χ4n) is 1.55. The molecule has 0 saturated carbocycles. The van der Waals surface area contributed by atoms with Gasteiger partial charge in [0.2, 0.25) is 5.91 Å². The van der Waals surface area contributed by atoms with E-state index in [1.54, 1.807) is 19.1 Å². The van der Waals surface area contributed by atoms with Crippen LogP contribution in [0.4, 0.5) is 11.5 Å². The van der Waals surface area contributed by atoms with Gasteiger partial charge in [0.1, 0.15) is 5.76 Å². The largest absolute Gasteiger partial charge is 0.383 e. The van der Waals surface area contributed by atoms with E-state index in [9.17, 15) is 4.79 Å². The number of carbonyl (C=O) groups is 1. The van der Waals surface area contributed by atoms with Crippen LogP contribution in [0.15, 0.2) is 34.9 Å². The van der Waals surface area contributed by atoms with Gasteiger partial charge >= 0.3 is 0 Å². The number of benzene rings is 1. The molecule has 2 N–H and O–H groups in total. The van der Waals surface area contributed by atoms with Crippen LogP contribution in [0.25, 0.3) is 0 Å². The van der Waals surface area contributed by atoms with Gasteiger partial charge < -0.3 is 15.2 Å². The minimum Gasteiger partial charge on any atom is -0.383 e. The zero-order valence-electron chi connectivity index (χ0n) is 10.4. The van der Waals surface area contributed by atoms with E-state index in [1.165, 1.54) is 0 Å². The van der Waals surface area contributed by atoms with Crippen LogP contribution < -0.4 is 10.6 Å². The third kappa shape index (κ3) is 3.99. The maximum atomic E-state index is 11.6. The Morgan fingerprint density at radius 3 is 2.89 bits per heavy atom. The first-order valence-corrected chi connectivity index (χ1v) is 6.24. The Balaban J connectivity index is 1.77. The molecule has 1 aromatic heterocycles. The van der Waals surface area contributed by atoms with Crippen molar-refractivity contribution >= 4 is 29.0 Å². The number of anilines is 2. The van der Waals surface area contributed by atoms with Gasteiger partial charge in [0, 0.05) is 19.0 Å². The van der Waals surface area contributed by atoms with Crippen LogP contribution in [0.3, 0.4) is 0 Å². The predicted octanol–water partition coefficient (Wildman–Crippen LogP) is 3.08. The SMILES string of the molecule is Cc1cc(NC(=O)CCNc2ccccc2Cl)no1. The number of hydrogen-bond acceptors (Lipinski definition) is 4. The van der Waals surface area contributed by atoms with Gasteiger partial charge in [-0.15, -0.1) is 0 Å². The predicted molar refractivity (Wildman–Crippen MR) is 74.4 cm³/mol. The van der Waals surface area contributed by atoms with E-state index >= 15 is 0 Å². The first-order chi connectivity index (χ1) is 9.15. The molecule has 0 radical (unpaired) electrons. The second-order valence-corrected chi connectivity index (χ2v) is 4.43. The molecule has 0 aliphatic rings. The zero-order chi connectivity index (χ0) is 13.7. The maximum absolute atomic E-state index is 11.6. The summed E-state index contributed by atoms with van der Waals surface area (Å²) < 4.78 is 4.86. The fraction of sp³-hybridized carbons (Fsp3) is 0.231. The number of aryl methyl sites for hydroxylation is 1. The lowest BCUT2D eigenvalue weighted by molar-refractivity contribution is -0.116. The third-order valence-electron chi connectivity index (χ3n) is 2.44. The number of halogens is 1. The average Bonchev–Trinajstić information content (AvgIpc) is 2.77. The quantitative estimate of drug-likeness (QED) is 0.883. The summed E-state index contributed by atoms with van der Waals surface area (Å²) in [4.78, 5) is 11.6. The molecule has 0 fully saturated rings. The molecule has 1 heterocycles. The Bertz CT molecular complexity index is 569. The molecule has 1 aromatic carbocycles. The molecule has 0 aliphatic heterocycles. The lowest BCUT2D eigenvalue weighted by Crippen LogP contribution is -2.16. The van der Waals surface area contributed by atoms with Gasteiger partial charge in [-0.2, -0.15) is 0 Å². The van der Waals surface area contributed by atoms with Crippen molar-refractivity contribution in [3.05, 3.63) is 41.1 Å². The van der Waals surface area contributed by atoms with Crippen molar-refractivity contribution in [3.8, 4) is 0 Å². The van der Waals surface area contributed by atoms with E-state index in [4.69, 9.17) is 16.1 Å². The van der Waals surface area contributed by atoms with Gasteiger partial charge in [-0.3, -0.25) is 4.79 Å². The normalized spacial score (nSPS) is 10.2. The summed E-state index contributed by atoms with van der Waals surface area (Å²) in [6.45, 7) is 2.26. The van der Waals surface area contributed by atoms with Gasteiger partial charge in [-0.05, 0) is 19.1 Å². The van der Waals surface area contributed by atoms with Crippen LogP contribution in [0.2, 0.25) is 5.02 Å². The van der Waals surface area contributed by atoms with E-state index in [-0.39, 0.29) is 5.91 Å². The van der Waals surface area contributed by atoms with E-state index in [0.29, 0.717) is 29.6 Å². The first-order valence-electron chi connectivity index (χ1n) is 5.87. The molecule has 0 unspecified atom stereocenters. The highest BCUT2D eigenvalue weighted by molar-refractivity contribution is 6.33. The molecule has 6 heteroatoms. The van der Waals surface area contributed by atoms with Crippen LogP contribution in [-0.2, 0) is 4.79 Å². The summed E-state index contributed by atoms with van der Waals surface area (Å²) in [5, 5.41) is 10.1. The van der Waals surface area contributed by atoms with Crippen molar-refractivity contribution in [3.63, 3.8) is 0 Å². The number of aromatic nitrogens is 1. The van der Waals surface area contributed by atoms with E-state index in [0.717, 1.165) is 5.69 Å². The number of para-hydroxylation sites is 1. The van der Waals surface area contributed by atoms with Gasteiger partial charge in [0.05, 0.1) is 10.7 Å². The van der Waals surface area contributed by atoms with Gasteiger partial charge in [0.15, 0.2) is 5.82 Å². The van der Waals surface area contributed by atoms with Crippen LogP contribution in [0.1, 0.15) is 12.2 Å². The summed E-state index contributed by atoms with van der Waals surface area (Å²) in [6, 6.07) is 9.06. The third-order valence-corrected chi connectivity index (χ3v) is 2.77. The number of nitrogens with zero attached hydrogens (tertiary/aromatic N) is 1. The van der Waals surface area contributed by atoms with Crippen LogP contribution in [0, 0.1) is 6.92 Å². The number of nitrogens with one attached hydrogen (secondary N) is 2. The second kappa shape index (κ2) is 6.24. The average molecular weight is 280 g/mol. The molecule has 0 atom stereocenters. The number of rotatable bonds is 5. The fourth-order valence-corrected chi connectivity index (χ4v) is 1.75. The monoisotopic (exact) mass is 279 g/mol. The molecule has 0 bridgehead atoms. The van der Waals surface area contributed by atoms with Crippen molar-refractivity contribution < 1.29 is 9.32 Å². The first kappa shape index (κ1) is 13.4. The minimum absolute atomic E-state index is 0.132. The van der Waals surface area contributed by atoms with Crippen LogP contribution in [0.5, 0.6) is 0 Å². The Hall–Kier alpha value is -2.01. The lowest BCUT2D eigenvalue weighted by atomic mass is 10.3. The molecule has 0 saturated heterocycles. The van der Waals surface area contributed by atoms with Gasteiger partial charge in [-0.25, -0.2) is 0 Å². The van der Waals surface area contributed by atoms with E-state index in [2.05, 4.69) is 15.8 Å². The molecule has 0 aliphatic carbocycles. The van der Waals surface area contributed by atoms with Gasteiger partial charge in [0.25, 0.3) is 0 Å². The smallest absolute Gasteiger partial charge is 0.227 e. The molecular formula is C13H14ClN3O2. The Morgan fingerprint density at radius 2 is 2.21 bits per heavy atom. The standard InChI is InChI=1S/C13H14ClN3O2/c1-9-8-12(17-19-9)16-13(18)6-7-15-11-5-3-2-4-10(11)14/h2-5,8,15H,6-7H2,1H3,(H,16,17,18). The molecule has 100 valence electrons. The summed E-state index contributed by atoms with van der Waals surface area (Å²) in [6.07, 6.45) is 0.317. The van der Waals surface area contributed by atoms with Crippen molar-refractivity contribution in [1.29, 1.82) is 0 Å². The van der Waals surface area contributed by atoms with Crippen LogP contribution >= 0.6 is 11.6 Å². The number of amides is 1. The number of carbonyl (C=O) groups excluding carboxylic acids is 1. The minimum atomic E-state index is -0.132. The maximum Gasteiger partial charge on any atom is 0.227 e. The number of hydrogen-bond donors (Lipinski definition) is 2. The van der Waals surface area contributed by atoms with E-state index in [1.807, 2.05) is 18.2 Å². The molecule has 2 aromatic rings. The topological polar surface area (TPSA) is 67.2 Å². The molecular weight excluding hydrogens is 266 g/mol. The lowest BCUT2D eigenvalue weighted by Gasteiger charge is -2.07. The molecule has 0 spiro atoms. The van der Waals surface area contributed by atoms with Crippen molar-refractivity contribution in [2.24, 2.45) is 0 Å². The summed E-state index contributed by atoms with van der Waals surface area (Å²) in [5.74, 6) is 0.956. The summed E-state index contributed by atoms with van der Waals surface area (Å²) >= 11 is 5.99.